The molecule has 0 fully saturated rings. The van der Waals surface area contributed by atoms with Gasteiger partial charge in [-0.2, -0.15) is 0 Å². The number of nitrogens with zero attached hydrogens (tertiary/aromatic N) is 2. The molecule has 0 radical (unpaired) electrons. The molecule has 0 spiro atoms. The molecule has 18 heavy (non-hydrogen) atoms. The Morgan fingerprint density at radius 3 is 1.89 bits per heavy atom. The zero-order valence-electron chi connectivity index (χ0n) is 11.1. The average molecular weight is 376 g/mol. The molecule has 1 heterocycles. The summed E-state index contributed by atoms with van der Waals surface area (Å²) in [6, 6.07) is 0. The van der Waals surface area contributed by atoms with Crippen molar-refractivity contribution in [2.45, 2.75) is 39.0 Å². The zero-order valence-corrected chi connectivity index (χ0v) is 16.0. The first-order chi connectivity index (χ1) is 6.33. The van der Waals surface area contributed by atoms with E-state index in [9.17, 15) is 0 Å². The van der Waals surface area contributed by atoms with Gasteiger partial charge in [0.1, 0.15) is 0 Å². The molecule has 1 rings (SSSR count). The van der Waals surface area contributed by atoms with E-state index in [1.807, 2.05) is 0 Å². The Morgan fingerprint density at radius 1 is 0.889 bits per heavy atom. The van der Waals surface area contributed by atoms with Crippen molar-refractivity contribution < 1.29 is 21.7 Å². The molecule has 0 saturated carbocycles. The molecule has 7 heteroatoms. The Morgan fingerprint density at radius 2 is 1.44 bits per heavy atom. The molecule has 0 bridgehead atoms. The van der Waals surface area contributed by atoms with Crippen LogP contribution < -0.4 is 0 Å². The number of unbranched alkanes of at least 4 members (excludes halogenated alkanes) is 4. The minimum atomic E-state index is 0. The van der Waals surface area contributed by atoms with Crippen molar-refractivity contribution in [2.24, 2.45) is 0 Å². The number of rotatable bonds is 6. The maximum atomic E-state index is 2.38. The Hall–Kier alpha value is 1.21. The van der Waals surface area contributed by atoms with Crippen LogP contribution in [0.15, 0.2) is 12.4 Å². The molecule has 0 aromatic carbocycles. The van der Waals surface area contributed by atoms with Crippen LogP contribution in [0.1, 0.15) is 39.0 Å². The van der Waals surface area contributed by atoms with Crippen molar-refractivity contribution in [3.63, 3.8) is 0 Å². The van der Waals surface area contributed by atoms with Crippen molar-refractivity contribution in [1.29, 1.82) is 0 Å². The topological polar surface area (TPSA) is 6.48 Å². The van der Waals surface area contributed by atoms with Crippen molar-refractivity contribution in [2.75, 3.05) is 20.3 Å². The number of hydrogen-bond acceptors (Lipinski definition) is 2. The van der Waals surface area contributed by atoms with Gasteiger partial charge in [-0.05, 0) is 6.42 Å². The van der Waals surface area contributed by atoms with Gasteiger partial charge >= 0.3 is 0 Å². The largest absolute Gasteiger partial charge is 0.362 e. The van der Waals surface area contributed by atoms with Gasteiger partial charge in [0.2, 0.25) is 0 Å². The fraction of sp³-hybridized carbons (Fsp3) is 0.818. The molecule has 0 aliphatic carbocycles. The SMILES string of the molecule is CCCCCCCN1C=CN(C)C1.Cl.Cl.Cl.Cl.[Ti]. The zero-order chi connectivity index (χ0) is 9.52. The van der Waals surface area contributed by atoms with Gasteiger partial charge in [0, 0.05) is 47.7 Å². The molecule has 1 aliphatic heterocycles. The van der Waals surface area contributed by atoms with Crippen LogP contribution in [-0.2, 0) is 21.7 Å². The summed E-state index contributed by atoms with van der Waals surface area (Å²) < 4.78 is 0. The Labute approximate surface area is 152 Å². The first kappa shape index (κ1) is 31.5. The second-order valence-corrected chi connectivity index (χ2v) is 3.92. The minimum absolute atomic E-state index is 0. The van der Waals surface area contributed by atoms with Gasteiger partial charge in [-0.3, -0.25) is 0 Å². The predicted molar refractivity (Wildman–Crippen MR) is 86.2 cm³/mol. The Kier molecular flexibility index (Phi) is 36.0. The second kappa shape index (κ2) is 20.5. The van der Waals surface area contributed by atoms with Gasteiger partial charge in [0.25, 0.3) is 0 Å². The van der Waals surface area contributed by atoms with Crippen LogP contribution >= 0.6 is 49.6 Å². The molecule has 1 aliphatic rings. The minimum Gasteiger partial charge on any atom is -0.362 e. The summed E-state index contributed by atoms with van der Waals surface area (Å²) in [4.78, 5) is 4.60. The summed E-state index contributed by atoms with van der Waals surface area (Å²) in [5.74, 6) is 0. The number of hydrogen-bond donors (Lipinski definition) is 0. The van der Waals surface area contributed by atoms with E-state index in [1.165, 1.54) is 38.6 Å². The summed E-state index contributed by atoms with van der Waals surface area (Å²) >= 11 is 0. The maximum Gasteiger partial charge on any atom is 0.0890 e. The molecular weight excluding hydrogens is 350 g/mol. The van der Waals surface area contributed by atoms with E-state index in [0.29, 0.717) is 0 Å². The van der Waals surface area contributed by atoms with Crippen LogP contribution in [0, 0.1) is 0 Å². The van der Waals surface area contributed by atoms with Crippen molar-refractivity contribution in [1.82, 2.24) is 9.80 Å². The third kappa shape index (κ3) is 15.3. The molecule has 0 saturated heterocycles. The van der Waals surface area contributed by atoms with Crippen LogP contribution in [0.4, 0.5) is 0 Å². The van der Waals surface area contributed by atoms with E-state index in [-0.39, 0.29) is 71.3 Å². The fourth-order valence-corrected chi connectivity index (χ4v) is 1.65. The molecule has 112 valence electrons. The predicted octanol–water partition coefficient (Wildman–Crippen LogP) is 4.32. The molecule has 0 aromatic heterocycles. The third-order valence-electron chi connectivity index (χ3n) is 2.49. The van der Waals surface area contributed by atoms with Crippen LogP contribution in [-0.4, -0.2) is 30.1 Å². The molecule has 2 nitrogen and oxygen atoms in total. The quantitative estimate of drug-likeness (QED) is 0.504. The van der Waals surface area contributed by atoms with E-state index >= 15 is 0 Å². The van der Waals surface area contributed by atoms with Gasteiger partial charge in [-0.25, -0.2) is 0 Å². The van der Waals surface area contributed by atoms with Gasteiger partial charge in [-0.15, -0.1) is 49.6 Å². The Balaban J connectivity index is -0.000000113. The molecular formula is C11H26Cl4N2Ti. The Bertz CT molecular complexity index is 173. The maximum absolute atomic E-state index is 2.38. The van der Waals surface area contributed by atoms with E-state index in [2.05, 4.69) is 36.2 Å². The molecule has 0 N–H and O–H groups in total. The van der Waals surface area contributed by atoms with Gasteiger partial charge in [0.05, 0.1) is 6.67 Å². The number of halogens is 4. The fourth-order valence-electron chi connectivity index (χ4n) is 1.65. The summed E-state index contributed by atoms with van der Waals surface area (Å²) in [5, 5.41) is 0. The first-order valence-electron chi connectivity index (χ1n) is 5.45. The summed E-state index contributed by atoms with van der Waals surface area (Å²) in [7, 11) is 2.12. The van der Waals surface area contributed by atoms with Gasteiger partial charge in [0.15, 0.2) is 0 Å². The van der Waals surface area contributed by atoms with E-state index in [4.69, 9.17) is 0 Å². The molecule has 0 aromatic rings. The normalized spacial score (nSPS) is 11.4. The monoisotopic (exact) mass is 374 g/mol. The molecule has 0 atom stereocenters. The van der Waals surface area contributed by atoms with Crippen LogP contribution in [0.5, 0.6) is 0 Å². The second-order valence-electron chi connectivity index (χ2n) is 3.92. The van der Waals surface area contributed by atoms with E-state index in [0.717, 1.165) is 6.67 Å². The van der Waals surface area contributed by atoms with Crippen molar-refractivity contribution in [3.8, 4) is 0 Å². The third-order valence-corrected chi connectivity index (χ3v) is 2.49. The smallest absolute Gasteiger partial charge is 0.0890 e. The van der Waals surface area contributed by atoms with Crippen molar-refractivity contribution in [3.05, 3.63) is 12.4 Å². The van der Waals surface area contributed by atoms with Crippen LogP contribution in [0.2, 0.25) is 0 Å². The van der Waals surface area contributed by atoms with E-state index < -0.39 is 0 Å². The molecule has 0 amide bonds. The first-order valence-corrected chi connectivity index (χ1v) is 5.45. The van der Waals surface area contributed by atoms with Gasteiger partial charge in [-0.1, -0.05) is 32.6 Å². The molecule has 0 unspecified atom stereocenters. The van der Waals surface area contributed by atoms with Crippen LogP contribution in [0.3, 0.4) is 0 Å². The standard InChI is InChI=1S/C11H22N2.4ClH.Ti/c1-3-4-5-6-7-8-13-10-9-12(2)11-13;;;;;/h9-10H,3-8,11H2,1-2H3;4*1H;. The summed E-state index contributed by atoms with van der Waals surface area (Å²) in [6.07, 6.45) is 11.2. The van der Waals surface area contributed by atoms with E-state index in [1.54, 1.807) is 0 Å². The summed E-state index contributed by atoms with van der Waals surface area (Å²) in [6.45, 7) is 4.57. The average Bonchev–Trinajstić information content (AvgIpc) is 2.51. The van der Waals surface area contributed by atoms with Crippen molar-refractivity contribution >= 4 is 49.6 Å². The summed E-state index contributed by atoms with van der Waals surface area (Å²) in [5.41, 5.74) is 0. The van der Waals surface area contributed by atoms with Gasteiger partial charge < -0.3 is 9.80 Å². The van der Waals surface area contributed by atoms with Crippen LogP contribution in [0.25, 0.3) is 0 Å².